The van der Waals surface area contributed by atoms with Crippen LogP contribution in [0.4, 0.5) is 0 Å². The maximum atomic E-state index is 8.58. The van der Waals surface area contributed by atoms with Crippen LogP contribution in [0, 0.1) is 11.3 Å². The second-order valence-corrected chi connectivity index (χ2v) is 4.14. The van der Waals surface area contributed by atoms with Crippen molar-refractivity contribution in [1.82, 2.24) is 4.90 Å². The van der Waals surface area contributed by atoms with E-state index in [0.717, 1.165) is 19.0 Å². The molecule has 2 N–H and O–H groups in total. The molecule has 0 aromatic carbocycles. The van der Waals surface area contributed by atoms with Gasteiger partial charge in [-0.25, -0.2) is 0 Å². The van der Waals surface area contributed by atoms with Crippen molar-refractivity contribution >= 4 is 0 Å². The summed E-state index contributed by atoms with van der Waals surface area (Å²) in [6.45, 7) is 4.39. The van der Waals surface area contributed by atoms with E-state index in [1.165, 1.54) is 32.2 Å². The summed E-state index contributed by atoms with van der Waals surface area (Å²) in [6, 6.07) is 2.61. The Morgan fingerprint density at radius 2 is 2.21 bits per heavy atom. The lowest BCUT2D eigenvalue weighted by Crippen LogP contribution is -2.32. The number of nitrogens with zero attached hydrogens (tertiary/aromatic N) is 2. The molecular formula is C11H21N3. The van der Waals surface area contributed by atoms with Gasteiger partial charge in [-0.15, -0.1) is 0 Å². The van der Waals surface area contributed by atoms with Crippen molar-refractivity contribution in [3.8, 4) is 6.07 Å². The molecule has 0 amide bonds. The molecule has 0 heterocycles. The predicted molar refractivity (Wildman–Crippen MR) is 57.7 cm³/mol. The van der Waals surface area contributed by atoms with Crippen molar-refractivity contribution in [2.75, 3.05) is 13.1 Å². The summed E-state index contributed by atoms with van der Waals surface area (Å²) in [7, 11) is 0. The average Bonchev–Trinajstić information content (AvgIpc) is 3.01. The minimum absolute atomic E-state index is 0.280. The number of hydrogen-bond acceptors (Lipinski definition) is 3. The molecule has 1 aliphatic carbocycles. The average molecular weight is 195 g/mol. The van der Waals surface area contributed by atoms with Crippen molar-refractivity contribution in [2.45, 2.75) is 51.1 Å². The van der Waals surface area contributed by atoms with E-state index in [0.29, 0.717) is 0 Å². The number of hydrogen-bond donors (Lipinski definition) is 1. The molecule has 0 saturated heterocycles. The van der Waals surface area contributed by atoms with Crippen molar-refractivity contribution in [1.29, 1.82) is 5.26 Å². The quantitative estimate of drug-likeness (QED) is 0.669. The molecule has 1 atom stereocenters. The zero-order valence-corrected chi connectivity index (χ0v) is 9.08. The molecule has 0 bridgehead atoms. The van der Waals surface area contributed by atoms with Gasteiger partial charge in [0.1, 0.15) is 0 Å². The Morgan fingerprint density at radius 1 is 1.50 bits per heavy atom. The van der Waals surface area contributed by atoms with Crippen LogP contribution >= 0.6 is 0 Å². The van der Waals surface area contributed by atoms with Crippen LogP contribution in [0.1, 0.15) is 39.0 Å². The van der Waals surface area contributed by atoms with Crippen LogP contribution < -0.4 is 5.73 Å². The fraction of sp³-hybridized carbons (Fsp3) is 0.909. The highest BCUT2D eigenvalue weighted by Crippen LogP contribution is 2.27. The minimum Gasteiger partial charge on any atom is -0.316 e. The van der Waals surface area contributed by atoms with Gasteiger partial charge in [-0.05, 0) is 32.2 Å². The second-order valence-electron chi connectivity index (χ2n) is 4.14. The first-order valence-electron chi connectivity index (χ1n) is 5.67. The smallest absolute Gasteiger partial charge is 0.0940 e. The normalized spacial score (nSPS) is 18.1. The maximum absolute atomic E-state index is 8.58. The third-order valence-corrected chi connectivity index (χ3v) is 2.76. The summed E-state index contributed by atoms with van der Waals surface area (Å²) < 4.78 is 0. The molecule has 0 aromatic heterocycles. The monoisotopic (exact) mass is 195 g/mol. The molecule has 0 radical (unpaired) electrons. The summed E-state index contributed by atoms with van der Waals surface area (Å²) in [6.07, 6.45) is 6.00. The third-order valence-electron chi connectivity index (χ3n) is 2.76. The molecule has 0 spiro atoms. The largest absolute Gasteiger partial charge is 0.316 e. The van der Waals surface area contributed by atoms with Crippen LogP contribution in [0.3, 0.4) is 0 Å². The lowest BCUT2D eigenvalue weighted by molar-refractivity contribution is 0.253. The first kappa shape index (κ1) is 11.5. The fourth-order valence-electron chi connectivity index (χ4n) is 1.65. The zero-order chi connectivity index (χ0) is 10.4. The molecule has 1 unspecified atom stereocenters. The van der Waals surface area contributed by atoms with Crippen LogP contribution in [0.2, 0.25) is 0 Å². The van der Waals surface area contributed by atoms with E-state index in [9.17, 15) is 0 Å². The van der Waals surface area contributed by atoms with E-state index in [-0.39, 0.29) is 6.04 Å². The third kappa shape index (κ3) is 4.08. The number of nitrogens with two attached hydrogens (primary N) is 1. The molecule has 1 rings (SSSR count). The lowest BCUT2D eigenvalue weighted by Gasteiger charge is -2.21. The van der Waals surface area contributed by atoms with Crippen LogP contribution in [-0.2, 0) is 0 Å². The van der Waals surface area contributed by atoms with E-state index < -0.39 is 0 Å². The number of nitriles is 1. The highest BCUT2D eigenvalue weighted by Gasteiger charge is 2.28. The van der Waals surface area contributed by atoms with Crippen molar-refractivity contribution in [3.05, 3.63) is 0 Å². The molecule has 0 aliphatic heterocycles. The van der Waals surface area contributed by atoms with Gasteiger partial charge in [-0.2, -0.15) is 5.26 Å². The van der Waals surface area contributed by atoms with E-state index >= 15 is 0 Å². The van der Waals surface area contributed by atoms with Gasteiger partial charge in [0.05, 0.1) is 12.1 Å². The van der Waals surface area contributed by atoms with Gasteiger partial charge in [0.2, 0.25) is 0 Å². The molecule has 3 heteroatoms. The maximum Gasteiger partial charge on any atom is 0.0940 e. The highest BCUT2D eigenvalue weighted by atomic mass is 15.2. The summed E-state index contributed by atoms with van der Waals surface area (Å²) in [4.78, 5) is 2.50. The predicted octanol–water partition coefficient (Wildman–Crippen LogP) is 1.49. The van der Waals surface area contributed by atoms with E-state index in [4.69, 9.17) is 11.0 Å². The molecule has 1 fully saturated rings. The molecule has 0 aromatic rings. The van der Waals surface area contributed by atoms with Crippen molar-refractivity contribution < 1.29 is 0 Å². The Balaban J connectivity index is 2.18. The van der Waals surface area contributed by atoms with Crippen molar-refractivity contribution in [3.63, 3.8) is 0 Å². The first-order valence-corrected chi connectivity index (χ1v) is 5.67. The van der Waals surface area contributed by atoms with Crippen LogP contribution in [0.5, 0.6) is 0 Å². The molecular weight excluding hydrogens is 174 g/mol. The zero-order valence-electron chi connectivity index (χ0n) is 9.08. The van der Waals surface area contributed by atoms with Gasteiger partial charge < -0.3 is 10.6 Å². The van der Waals surface area contributed by atoms with E-state index in [2.05, 4.69) is 17.9 Å². The summed E-state index contributed by atoms with van der Waals surface area (Å²) in [5.74, 6) is 0. The van der Waals surface area contributed by atoms with Gasteiger partial charge in [0.15, 0.2) is 0 Å². The topological polar surface area (TPSA) is 53.0 Å². The van der Waals surface area contributed by atoms with Gasteiger partial charge >= 0.3 is 0 Å². The molecule has 1 saturated carbocycles. The van der Waals surface area contributed by atoms with Gasteiger partial charge in [-0.3, -0.25) is 0 Å². The van der Waals surface area contributed by atoms with E-state index in [1.807, 2.05) is 0 Å². The van der Waals surface area contributed by atoms with Crippen LogP contribution in [0.15, 0.2) is 0 Å². The molecule has 14 heavy (non-hydrogen) atoms. The van der Waals surface area contributed by atoms with Gasteiger partial charge in [-0.1, -0.05) is 13.3 Å². The summed E-state index contributed by atoms with van der Waals surface area (Å²) in [5, 5.41) is 8.58. The molecule has 80 valence electrons. The highest BCUT2D eigenvalue weighted by molar-refractivity contribution is 4.90. The van der Waals surface area contributed by atoms with Crippen LogP contribution in [-0.4, -0.2) is 30.1 Å². The van der Waals surface area contributed by atoms with Gasteiger partial charge in [0.25, 0.3) is 0 Å². The van der Waals surface area contributed by atoms with Gasteiger partial charge in [0, 0.05) is 12.6 Å². The first-order chi connectivity index (χ1) is 6.77. The summed E-state index contributed by atoms with van der Waals surface area (Å²) >= 11 is 0. The second kappa shape index (κ2) is 6.00. The number of rotatable bonds is 7. The Bertz CT molecular complexity index is 193. The molecule has 1 aliphatic rings. The Labute approximate surface area is 86.9 Å². The van der Waals surface area contributed by atoms with Crippen molar-refractivity contribution in [2.24, 2.45) is 5.73 Å². The van der Waals surface area contributed by atoms with Crippen LogP contribution in [0.25, 0.3) is 0 Å². The Morgan fingerprint density at radius 3 is 2.71 bits per heavy atom. The minimum atomic E-state index is -0.280. The Kier molecular flexibility index (Phi) is 4.92. The SMILES string of the molecule is CCCCN(CCC(N)C#N)C1CC1. The number of unbranched alkanes of at least 4 members (excludes halogenated alkanes) is 1. The molecule has 3 nitrogen and oxygen atoms in total. The standard InChI is InChI=1S/C11H21N3/c1-2-3-7-14(11-4-5-11)8-6-10(13)9-12/h10-11H,2-8,13H2,1H3. The fourth-order valence-corrected chi connectivity index (χ4v) is 1.65. The summed E-state index contributed by atoms with van der Waals surface area (Å²) in [5.41, 5.74) is 5.58. The Hall–Kier alpha value is -0.590. The van der Waals surface area contributed by atoms with E-state index in [1.54, 1.807) is 0 Å². The lowest BCUT2D eigenvalue weighted by atomic mass is 10.2.